The zero-order valence-electron chi connectivity index (χ0n) is 17.2. The average molecular weight is 398 g/mol. The number of rotatable bonds is 7. The Morgan fingerprint density at radius 2 is 1.79 bits per heavy atom. The van der Waals surface area contributed by atoms with Crippen molar-refractivity contribution in [3.63, 3.8) is 0 Å². The summed E-state index contributed by atoms with van der Waals surface area (Å²) in [4.78, 5) is 37.9. The van der Waals surface area contributed by atoms with E-state index in [1.165, 1.54) is 11.6 Å². The molecule has 0 saturated carbocycles. The van der Waals surface area contributed by atoms with Crippen LogP contribution in [0.15, 0.2) is 39.9 Å². The average Bonchev–Trinajstić information content (AvgIpc) is 3.10. The lowest BCUT2D eigenvalue weighted by molar-refractivity contribution is 0.0941. The summed E-state index contributed by atoms with van der Waals surface area (Å²) in [5, 5.41) is 3.25. The van der Waals surface area contributed by atoms with Gasteiger partial charge in [-0.3, -0.25) is 18.7 Å². The first-order valence-corrected chi connectivity index (χ1v) is 9.47. The van der Waals surface area contributed by atoms with Gasteiger partial charge in [-0.15, -0.1) is 0 Å². The van der Waals surface area contributed by atoms with Gasteiger partial charge < -0.3 is 14.6 Å². The van der Waals surface area contributed by atoms with Crippen LogP contribution in [-0.2, 0) is 31.9 Å². The minimum atomic E-state index is -0.430. The standard InChI is InChI=1S/C21H26N4O4/c1-14-6-8-15(9-7-14)13-22-18(26)17-12-16-19(25(17)10-5-11-29-4)23(2)21(28)24(3)20(16)27/h6-9,12H,5,10-11,13H2,1-4H3,(H,22,26). The maximum Gasteiger partial charge on any atom is 0.332 e. The normalized spacial score (nSPS) is 11.2. The predicted octanol–water partition coefficient (Wildman–Crippen LogP) is 1.31. The van der Waals surface area contributed by atoms with Gasteiger partial charge >= 0.3 is 5.69 Å². The van der Waals surface area contributed by atoms with Crippen LogP contribution in [0.4, 0.5) is 0 Å². The molecular formula is C21H26N4O4. The first-order chi connectivity index (χ1) is 13.8. The van der Waals surface area contributed by atoms with Crippen LogP contribution < -0.4 is 16.6 Å². The summed E-state index contributed by atoms with van der Waals surface area (Å²) in [6.45, 7) is 3.33. The second kappa shape index (κ2) is 8.48. The van der Waals surface area contributed by atoms with Gasteiger partial charge in [0.2, 0.25) is 0 Å². The zero-order valence-corrected chi connectivity index (χ0v) is 17.2. The Bertz CT molecular complexity index is 1150. The summed E-state index contributed by atoms with van der Waals surface area (Å²) < 4.78 is 9.29. The number of nitrogens with zero attached hydrogens (tertiary/aromatic N) is 3. The van der Waals surface area contributed by atoms with Gasteiger partial charge in [0.15, 0.2) is 0 Å². The molecule has 0 aliphatic carbocycles. The molecule has 2 heterocycles. The Morgan fingerprint density at radius 1 is 1.10 bits per heavy atom. The highest BCUT2D eigenvalue weighted by Gasteiger charge is 2.21. The lowest BCUT2D eigenvalue weighted by Crippen LogP contribution is -2.37. The van der Waals surface area contributed by atoms with Crippen molar-refractivity contribution in [1.82, 2.24) is 19.0 Å². The molecule has 0 aliphatic heterocycles. The van der Waals surface area contributed by atoms with Crippen molar-refractivity contribution < 1.29 is 9.53 Å². The van der Waals surface area contributed by atoms with Crippen LogP contribution in [0.2, 0.25) is 0 Å². The molecule has 0 spiro atoms. The Kier molecular flexibility index (Phi) is 6.03. The minimum absolute atomic E-state index is 0.298. The predicted molar refractivity (Wildman–Crippen MR) is 111 cm³/mol. The van der Waals surface area contributed by atoms with E-state index in [-0.39, 0.29) is 5.91 Å². The summed E-state index contributed by atoms with van der Waals surface area (Å²) in [5.74, 6) is -0.298. The van der Waals surface area contributed by atoms with Crippen LogP contribution in [0.25, 0.3) is 11.0 Å². The Morgan fingerprint density at radius 3 is 2.45 bits per heavy atom. The number of aryl methyl sites for hydroxylation is 3. The molecule has 1 N–H and O–H groups in total. The molecular weight excluding hydrogens is 372 g/mol. The molecule has 2 aromatic heterocycles. The van der Waals surface area contributed by atoms with Crippen molar-refractivity contribution in [2.24, 2.45) is 14.1 Å². The number of hydrogen-bond acceptors (Lipinski definition) is 4. The number of carbonyl (C=O) groups excluding carboxylic acids is 1. The topological polar surface area (TPSA) is 87.3 Å². The van der Waals surface area contributed by atoms with E-state index in [0.717, 1.165) is 15.7 Å². The monoisotopic (exact) mass is 398 g/mol. The van der Waals surface area contributed by atoms with E-state index >= 15 is 0 Å². The molecule has 1 aromatic carbocycles. The van der Waals surface area contributed by atoms with E-state index in [1.54, 1.807) is 24.8 Å². The molecule has 0 unspecified atom stereocenters. The molecule has 154 valence electrons. The summed E-state index contributed by atoms with van der Waals surface area (Å²) >= 11 is 0. The summed E-state index contributed by atoms with van der Waals surface area (Å²) in [6, 6.07) is 9.46. The van der Waals surface area contributed by atoms with Crippen molar-refractivity contribution in [2.75, 3.05) is 13.7 Å². The molecule has 0 bridgehead atoms. The SMILES string of the molecule is COCCCn1c(C(=O)NCc2ccc(C)cc2)cc2c(=O)n(C)c(=O)n(C)c21. The van der Waals surface area contributed by atoms with Gasteiger partial charge in [0.05, 0.1) is 5.39 Å². The lowest BCUT2D eigenvalue weighted by Gasteiger charge is -2.13. The number of ether oxygens (including phenoxy) is 1. The summed E-state index contributed by atoms with van der Waals surface area (Å²) in [7, 11) is 4.64. The largest absolute Gasteiger partial charge is 0.385 e. The highest BCUT2D eigenvalue weighted by molar-refractivity contribution is 5.97. The highest BCUT2D eigenvalue weighted by Crippen LogP contribution is 2.17. The third-order valence-electron chi connectivity index (χ3n) is 5.03. The van der Waals surface area contributed by atoms with E-state index in [2.05, 4.69) is 5.32 Å². The van der Waals surface area contributed by atoms with Gasteiger partial charge in [0.25, 0.3) is 11.5 Å². The van der Waals surface area contributed by atoms with E-state index in [4.69, 9.17) is 4.74 Å². The van der Waals surface area contributed by atoms with Crippen LogP contribution in [0.1, 0.15) is 28.0 Å². The smallest absolute Gasteiger partial charge is 0.332 e. The van der Waals surface area contributed by atoms with E-state index in [1.807, 2.05) is 31.2 Å². The van der Waals surface area contributed by atoms with Gasteiger partial charge in [-0.25, -0.2) is 4.79 Å². The molecule has 3 rings (SSSR count). The fraction of sp³-hybridized carbons (Fsp3) is 0.381. The number of methoxy groups -OCH3 is 1. The van der Waals surface area contributed by atoms with E-state index < -0.39 is 11.2 Å². The number of hydrogen-bond donors (Lipinski definition) is 1. The van der Waals surface area contributed by atoms with Crippen LogP contribution in [-0.4, -0.2) is 33.3 Å². The van der Waals surface area contributed by atoms with Crippen molar-refractivity contribution in [2.45, 2.75) is 26.4 Å². The fourth-order valence-electron chi connectivity index (χ4n) is 3.40. The second-order valence-corrected chi connectivity index (χ2v) is 7.14. The van der Waals surface area contributed by atoms with Gasteiger partial charge in [0.1, 0.15) is 11.3 Å². The van der Waals surface area contributed by atoms with E-state index in [0.29, 0.717) is 42.8 Å². The van der Waals surface area contributed by atoms with Crippen molar-refractivity contribution >= 4 is 16.9 Å². The first kappa shape index (κ1) is 20.6. The number of fused-ring (bicyclic) bond motifs is 1. The van der Waals surface area contributed by atoms with Crippen LogP contribution >= 0.6 is 0 Å². The Labute approximate surface area is 168 Å². The van der Waals surface area contributed by atoms with Gasteiger partial charge in [-0.1, -0.05) is 29.8 Å². The lowest BCUT2D eigenvalue weighted by atomic mass is 10.1. The zero-order chi connectivity index (χ0) is 21.1. The molecule has 8 heteroatoms. The van der Waals surface area contributed by atoms with Gasteiger partial charge in [-0.2, -0.15) is 0 Å². The molecule has 0 aliphatic rings. The van der Waals surface area contributed by atoms with Gasteiger partial charge in [-0.05, 0) is 25.0 Å². The highest BCUT2D eigenvalue weighted by atomic mass is 16.5. The number of aromatic nitrogens is 3. The molecule has 3 aromatic rings. The van der Waals surface area contributed by atoms with Crippen molar-refractivity contribution in [3.8, 4) is 0 Å². The summed E-state index contributed by atoms with van der Waals surface area (Å²) in [5.41, 5.74) is 2.07. The molecule has 1 amide bonds. The van der Waals surface area contributed by atoms with Gasteiger partial charge in [0, 0.05) is 40.9 Å². The van der Waals surface area contributed by atoms with E-state index in [9.17, 15) is 14.4 Å². The summed E-state index contributed by atoms with van der Waals surface area (Å²) in [6.07, 6.45) is 0.641. The van der Waals surface area contributed by atoms with Crippen molar-refractivity contribution in [1.29, 1.82) is 0 Å². The minimum Gasteiger partial charge on any atom is -0.385 e. The van der Waals surface area contributed by atoms with Crippen LogP contribution in [0.5, 0.6) is 0 Å². The number of benzene rings is 1. The molecule has 0 fully saturated rings. The molecule has 0 saturated heterocycles. The number of carbonyl (C=O) groups is 1. The number of amides is 1. The third kappa shape index (κ3) is 4.02. The maximum atomic E-state index is 12.9. The van der Waals surface area contributed by atoms with Crippen LogP contribution in [0.3, 0.4) is 0 Å². The Hall–Kier alpha value is -3.13. The first-order valence-electron chi connectivity index (χ1n) is 9.47. The molecule has 8 nitrogen and oxygen atoms in total. The molecule has 0 radical (unpaired) electrons. The molecule has 29 heavy (non-hydrogen) atoms. The van der Waals surface area contributed by atoms with Crippen molar-refractivity contribution in [3.05, 3.63) is 68.0 Å². The van der Waals surface area contributed by atoms with Crippen LogP contribution in [0, 0.1) is 6.92 Å². The molecule has 0 atom stereocenters. The fourth-order valence-corrected chi connectivity index (χ4v) is 3.40. The number of nitrogens with one attached hydrogen (secondary N) is 1. The third-order valence-corrected chi connectivity index (χ3v) is 5.03. The Balaban J connectivity index is 2.01. The quantitative estimate of drug-likeness (QED) is 0.608. The maximum absolute atomic E-state index is 12.9. The second-order valence-electron chi connectivity index (χ2n) is 7.14.